The monoisotopic (exact) mass is 349 g/mol. The van der Waals surface area contributed by atoms with E-state index in [9.17, 15) is 18.3 Å². The predicted molar refractivity (Wildman–Crippen MR) is 89.4 cm³/mol. The first kappa shape index (κ1) is 16.3. The Labute approximate surface area is 142 Å². The number of nitrogens with zero attached hydrogens (tertiary/aromatic N) is 1. The van der Waals surface area contributed by atoms with Crippen molar-refractivity contribution in [2.75, 3.05) is 13.1 Å². The van der Waals surface area contributed by atoms with Crippen LogP contribution in [-0.2, 0) is 6.54 Å². The number of phenols is 1. The first-order valence-electron chi connectivity index (χ1n) is 8.34. The lowest BCUT2D eigenvalue weighted by molar-refractivity contribution is -0.187. The molecule has 1 N–H and O–H groups in total. The zero-order chi connectivity index (χ0) is 17.6. The van der Waals surface area contributed by atoms with E-state index in [-0.39, 0.29) is 25.3 Å². The number of furan rings is 1. The number of aromatic hydroxyl groups is 1. The molecule has 0 aliphatic carbocycles. The van der Waals surface area contributed by atoms with Gasteiger partial charge in [0.05, 0.1) is 5.92 Å². The molecule has 0 spiro atoms. The van der Waals surface area contributed by atoms with Gasteiger partial charge in [0, 0.05) is 29.4 Å². The van der Waals surface area contributed by atoms with Crippen molar-refractivity contribution in [3.63, 3.8) is 0 Å². The smallest absolute Gasteiger partial charge is 0.393 e. The summed E-state index contributed by atoms with van der Waals surface area (Å²) in [4.78, 5) is 1.76. The normalized spacial score (nSPS) is 19.7. The number of phenolic OH excluding ortho intramolecular Hbond substituents is 1. The molecule has 3 nitrogen and oxygen atoms in total. The Kier molecular flexibility index (Phi) is 3.87. The molecule has 25 heavy (non-hydrogen) atoms. The van der Waals surface area contributed by atoms with Crippen molar-refractivity contribution in [3.05, 3.63) is 42.0 Å². The lowest BCUT2D eigenvalue weighted by Gasteiger charge is -2.33. The van der Waals surface area contributed by atoms with E-state index in [1.54, 1.807) is 17.0 Å². The minimum Gasteiger partial charge on any atom is -0.508 e. The van der Waals surface area contributed by atoms with E-state index in [0.717, 1.165) is 16.4 Å². The summed E-state index contributed by atoms with van der Waals surface area (Å²) in [6.45, 7) is 0.858. The SMILES string of the molecule is Oc1cc2c(cc1CN1CCCC(C(F)(F)F)C1)oc1ccccc12. The lowest BCUT2D eigenvalue weighted by Crippen LogP contribution is -2.41. The molecular formula is C19H18F3NO2. The standard InChI is InChI=1S/C19H18F3NO2/c20-19(21,22)13-4-3-7-23(11-13)10-12-8-18-15(9-16(12)24)14-5-1-2-6-17(14)25-18/h1-2,5-6,8-9,13,24H,3-4,7,10-11H2. The Morgan fingerprint density at radius 3 is 2.72 bits per heavy atom. The number of piperidine rings is 1. The number of rotatable bonds is 2. The summed E-state index contributed by atoms with van der Waals surface area (Å²) >= 11 is 0. The molecule has 1 saturated heterocycles. The number of para-hydroxylation sites is 1. The average molecular weight is 349 g/mol. The van der Waals surface area contributed by atoms with Crippen molar-refractivity contribution < 1.29 is 22.7 Å². The molecular weight excluding hydrogens is 331 g/mol. The van der Waals surface area contributed by atoms with Crippen LogP contribution in [0.4, 0.5) is 13.2 Å². The molecule has 0 saturated carbocycles. The van der Waals surface area contributed by atoms with Gasteiger partial charge in [-0.05, 0) is 37.6 Å². The molecule has 1 aliphatic heterocycles. The third-order valence-electron chi connectivity index (χ3n) is 4.94. The Bertz CT molecular complexity index is 916. The van der Waals surface area contributed by atoms with Gasteiger partial charge in [0.1, 0.15) is 16.9 Å². The third kappa shape index (κ3) is 3.06. The zero-order valence-corrected chi connectivity index (χ0v) is 13.5. The number of alkyl halides is 3. The minimum atomic E-state index is -4.16. The molecule has 0 amide bonds. The molecule has 1 fully saturated rings. The summed E-state index contributed by atoms with van der Waals surface area (Å²) in [5.74, 6) is -1.20. The van der Waals surface area contributed by atoms with E-state index < -0.39 is 12.1 Å². The quantitative estimate of drug-likeness (QED) is 0.702. The van der Waals surface area contributed by atoms with Crippen LogP contribution in [0.1, 0.15) is 18.4 Å². The van der Waals surface area contributed by atoms with Gasteiger partial charge in [0.25, 0.3) is 0 Å². The van der Waals surface area contributed by atoms with Gasteiger partial charge in [-0.3, -0.25) is 4.90 Å². The summed E-state index contributed by atoms with van der Waals surface area (Å²) in [5, 5.41) is 12.1. The molecule has 3 aromatic rings. The number of hydrogen-bond acceptors (Lipinski definition) is 3. The van der Waals surface area contributed by atoms with Crippen molar-refractivity contribution in [3.8, 4) is 5.75 Å². The number of hydrogen-bond donors (Lipinski definition) is 1. The maximum Gasteiger partial charge on any atom is 0.393 e. The Balaban J connectivity index is 1.63. The molecule has 1 atom stereocenters. The largest absolute Gasteiger partial charge is 0.508 e. The minimum absolute atomic E-state index is 0.0267. The highest BCUT2D eigenvalue weighted by Gasteiger charge is 2.41. The maximum absolute atomic E-state index is 13.0. The summed E-state index contributed by atoms with van der Waals surface area (Å²) in [5.41, 5.74) is 1.96. The number of likely N-dealkylation sites (tertiary alicyclic amines) is 1. The second-order valence-electron chi connectivity index (χ2n) is 6.69. The highest BCUT2D eigenvalue weighted by atomic mass is 19.4. The van der Waals surface area contributed by atoms with Crippen molar-refractivity contribution in [2.45, 2.75) is 25.6 Å². The van der Waals surface area contributed by atoms with E-state index in [1.807, 2.05) is 24.3 Å². The Morgan fingerprint density at radius 2 is 1.92 bits per heavy atom. The zero-order valence-electron chi connectivity index (χ0n) is 13.5. The van der Waals surface area contributed by atoms with Crippen LogP contribution in [0.25, 0.3) is 21.9 Å². The van der Waals surface area contributed by atoms with Crippen LogP contribution < -0.4 is 0 Å². The van der Waals surface area contributed by atoms with Gasteiger partial charge in [0.15, 0.2) is 0 Å². The number of halogens is 3. The fourth-order valence-corrected chi connectivity index (χ4v) is 3.64. The average Bonchev–Trinajstić information content (AvgIpc) is 2.92. The van der Waals surface area contributed by atoms with E-state index in [0.29, 0.717) is 24.1 Å². The second kappa shape index (κ2) is 5.95. The third-order valence-corrected chi connectivity index (χ3v) is 4.94. The van der Waals surface area contributed by atoms with Gasteiger partial charge >= 0.3 is 6.18 Å². The van der Waals surface area contributed by atoms with Crippen molar-refractivity contribution in [1.82, 2.24) is 4.90 Å². The van der Waals surface area contributed by atoms with Crippen LogP contribution in [0.3, 0.4) is 0 Å². The van der Waals surface area contributed by atoms with Crippen LogP contribution in [0.15, 0.2) is 40.8 Å². The molecule has 0 radical (unpaired) electrons. The highest BCUT2D eigenvalue weighted by Crippen LogP contribution is 2.36. The summed E-state index contributed by atoms with van der Waals surface area (Å²) in [7, 11) is 0. The van der Waals surface area contributed by atoms with Gasteiger partial charge < -0.3 is 9.52 Å². The van der Waals surface area contributed by atoms with Gasteiger partial charge in [-0.1, -0.05) is 18.2 Å². The summed E-state index contributed by atoms with van der Waals surface area (Å²) in [6.07, 6.45) is -3.48. The van der Waals surface area contributed by atoms with Gasteiger partial charge in [0.2, 0.25) is 0 Å². The Morgan fingerprint density at radius 1 is 1.12 bits per heavy atom. The fraction of sp³-hybridized carbons (Fsp3) is 0.368. The molecule has 2 aromatic carbocycles. The fourth-order valence-electron chi connectivity index (χ4n) is 3.64. The summed E-state index contributed by atoms with van der Waals surface area (Å²) < 4.78 is 44.7. The van der Waals surface area contributed by atoms with Crippen LogP contribution in [0, 0.1) is 5.92 Å². The molecule has 6 heteroatoms. The van der Waals surface area contributed by atoms with Gasteiger partial charge in [-0.15, -0.1) is 0 Å². The highest BCUT2D eigenvalue weighted by molar-refractivity contribution is 6.05. The predicted octanol–water partition coefficient (Wildman–Crippen LogP) is 5.07. The molecule has 4 rings (SSSR count). The molecule has 2 heterocycles. The topological polar surface area (TPSA) is 36.6 Å². The van der Waals surface area contributed by atoms with E-state index >= 15 is 0 Å². The van der Waals surface area contributed by atoms with Crippen LogP contribution in [0.2, 0.25) is 0 Å². The second-order valence-corrected chi connectivity index (χ2v) is 6.69. The van der Waals surface area contributed by atoms with E-state index in [1.165, 1.54) is 0 Å². The van der Waals surface area contributed by atoms with E-state index in [2.05, 4.69) is 0 Å². The Hall–Kier alpha value is -2.21. The van der Waals surface area contributed by atoms with Crippen molar-refractivity contribution in [2.24, 2.45) is 5.92 Å². The molecule has 1 aromatic heterocycles. The molecule has 132 valence electrons. The van der Waals surface area contributed by atoms with Crippen LogP contribution in [-0.4, -0.2) is 29.3 Å². The van der Waals surface area contributed by atoms with Crippen LogP contribution in [0.5, 0.6) is 5.75 Å². The van der Waals surface area contributed by atoms with Crippen LogP contribution >= 0.6 is 0 Å². The van der Waals surface area contributed by atoms with Crippen molar-refractivity contribution >= 4 is 21.9 Å². The van der Waals surface area contributed by atoms with E-state index in [4.69, 9.17) is 4.42 Å². The molecule has 0 bridgehead atoms. The lowest BCUT2D eigenvalue weighted by atomic mass is 9.97. The first-order valence-corrected chi connectivity index (χ1v) is 8.34. The van der Waals surface area contributed by atoms with Gasteiger partial charge in [-0.25, -0.2) is 0 Å². The maximum atomic E-state index is 13.0. The van der Waals surface area contributed by atoms with Gasteiger partial charge in [-0.2, -0.15) is 13.2 Å². The molecule has 1 unspecified atom stereocenters. The number of benzene rings is 2. The first-order chi connectivity index (χ1) is 11.9. The summed E-state index contributed by atoms with van der Waals surface area (Å²) in [6, 6.07) is 10.9. The number of fused-ring (bicyclic) bond motifs is 3. The van der Waals surface area contributed by atoms with Crippen molar-refractivity contribution in [1.29, 1.82) is 0 Å². The molecule has 1 aliphatic rings.